The lowest BCUT2D eigenvalue weighted by molar-refractivity contribution is -0.136. The summed E-state index contributed by atoms with van der Waals surface area (Å²) in [7, 11) is 0. The second kappa shape index (κ2) is 6.28. The number of amides is 2. The number of aryl methyl sites for hydroxylation is 1. The summed E-state index contributed by atoms with van der Waals surface area (Å²) in [6, 6.07) is 8.19. The van der Waals surface area contributed by atoms with Crippen molar-refractivity contribution in [2.24, 2.45) is 0 Å². The molecular formula is C17H21N3O2S. The van der Waals surface area contributed by atoms with Gasteiger partial charge in [0.1, 0.15) is 5.54 Å². The normalized spacial score (nSPS) is 20.9. The number of hydrogen-bond donors (Lipinski definition) is 2. The van der Waals surface area contributed by atoms with Gasteiger partial charge in [0.25, 0.3) is 0 Å². The lowest BCUT2D eigenvalue weighted by atomic mass is 10.0. The summed E-state index contributed by atoms with van der Waals surface area (Å²) < 4.78 is 0. The van der Waals surface area contributed by atoms with Gasteiger partial charge < -0.3 is 15.2 Å². The molecule has 1 aliphatic heterocycles. The maximum atomic E-state index is 12.5. The fourth-order valence-corrected chi connectivity index (χ4v) is 4.39. The Labute approximate surface area is 139 Å². The molecule has 0 saturated carbocycles. The Kier molecular flexibility index (Phi) is 4.35. The Morgan fingerprint density at radius 2 is 2.26 bits per heavy atom. The number of para-hydroxylation sites is 1. The minimum atomic E-state index is -0.734. The standard InChI is InChI=1S/C17H21N3O2S/c1-12-13(14-5-3-4-6-15(14)19-12)7-8-18-16(22)17(2)9-23-11-20(17)10-21/h3-6,10,19H,7-9,11H2,1-2H3,(H,18,22). The number of nitrogens with one attached hydrogen (secondary N) is 2. The quantitative estimate of drug-likeness (QED) is 0.824. The molecule has 2 heterocycles. The van der Waals surface area contributed by atoms with E-state index in [9.17, 15) is 9.59 Å². The summed E-state index contributed by atoms with van der Waals surface area (Å²) in [6.07, 6.45) is 1.54. The van der Waals surface area contributed by atoms with E-state index in [0.29, 0.717) is 18.2 Å². The van der Waals surface area contributed by atoms with Crippen LogP contribution in [-0.2, 0) is 16.0 Å². The minimum Gasteiger partial charge on any atom is -0.358 e. The monoisotopic (exact) mass is 331 g/mol. The summed E-state index contributed by atoms with van der Waals surface area (Å²) in [6.45, 7) is 4.45. The zero-order chi connectivity index (χ0) is 16.4. The highest BCUT2D eigenvalue weighted by Gasteiger charge is 2.43. The van der Waals surface area contributed by atoms with Gasteiger partial charge in [-0.15, -0.1) is 11.8 Å². The summed E-state index contributed by atoms with van der Waals surface area (Å²) in [5.74, 6) is 1.14. The molecular weight excluding hydrogens is 310 g/mol. The summed E-state index contributed by atoms with van der Waals surface area (Å²) >= 11 is 1.61. The average Bonchev–Trinajstić information content (AvgIpc) is 3.08. The number of carbonyl (C=O) groups is 2. The van der Waals surface area contributed by atoms with E-state index in [1.54, 1.807) is 16.7 Å². The van der Waals surface area contributed by atoms with Crippen LogP contribution in [0.1, 0.15) is 18.2 Å². The van der Waals surface area contributed by atoms with Crippen molar-refractivity contribution in [2.75, 3.05) is 18.2 Å². The smallest absolute Gasteiger partial charge is 0.246 e. The van der Waals surface area contributed by atoms with E-state index in [2.05, 4.69) is 29.4 Å². The van der Waals surface area contributed by atoms with Crippen LogP contribution in [-0.4, -0.2) is 45.9 Å². The SMILES string of the molecule is Cc1[nH]c2ccccc2c1CCNC(=O)C1(C)CSCN1C=O. The Hall–Kier alpha value is -1.95. The predicted octanol–water partition coefficient (Wildman–Crippen LogP) is 2.06. The van der Waals surface area contributed by atoms with Gasteiger partial charge >= 0.3 is 0 Å². The average molecular weight is 331 g/mol. The third-order valence-electron chi connectivity index (χ3n) is 4.55. The van der Waals surface area contributed by atoms with Gasteiger partial charge in [0.2, 0.25) is 12.3 Å². The molecule has 6 heteroatoms. The van der Waals surface area contributed by atoms with E-state index in [4.69, 9.17) is 0 Å². The van der Waals surface area contributed by atoms with Gasteiger partial charge in [-0.1, -0.05) is 18.2 Å². The van der Waals surface area contributed by atoms with Crippen LogP contribution in [0.4, 0.5) is 0 Å². The van der Waals surface area contributed by atoms with Crippen LogP contribution in [0.2, 0.25) is 0 Å². The van der Waals surface area contributed by atoms with Crippen molar-refractivity contribution in [1.29, 1.82) is 0 Å². The molecule has 2 aromatic rings. The fourth-order valence-electron chi connectivity index (χ4n) is 3.06. The molecule has 1 aliphatic rings. The number of aromatic amines is 1. The molecule has 0 bridgehead atoms. The molecule has 2 amide bonds. The van der Waals surface area contributed by atoms with Crippen molar-refractivity contribution in [3.05, 3.63) is 35.5 Å². The maximum Gasteiger partial charge on any atom is 0.246 e. The molecule has 1 fully saturated rings. The molecule has 1 aromatic heterocycles. The first kappa shape index (κ1) is 15.9. The number of rotatable bonds is 5. The zero-order valence-corrected chi connectivity index (χ0v) is 14.2. The largest absolute Gasteiger partial charge is 0.358 e. The van der Waals surface area contributed by atoms with Crippen molar-refractivity contribution < 1.29 is 9.59 Å². The molecule has 0 radical (unpaired) electrons. The van der Waals surface area contributed by atoms with Crippen LogP contribution in [0.25, 0.3) is 10.9 Å². The maximum absolute atomic E-state index is 12.5. The third kappa shape index (κ3) is 2.83. The molecule has 1 saturated heterocycles. The van der Waals surface area contributed by atoms with Crippen LogP contribution in [0.15, 0.2) is 24.3 Å². The number of aromatic nitrogens is 1. The second-order valence-electron chi connectivity index (χ2n) is 6.11. The first-order valence-corrected chi connectivity index (χ1v) is 8.86. The molecule has 5 nitrogen and oxygen atoms in total. The lowest BCUT2D eigenvalue weighted by Crippen LogP contribution is -2.54. The van der Waals surface area contributed by atoms with Crippen molar-refractivity contribution in [3.8, 4) is 0 Å². The van der Waals surface area contributed by atoms with E-state index in [0.717, 1.165) is 24.0 Å². The molecule has 1 unspecified atom stereocenters. The van der Waals surface area contributed by atoms with Crippen molar-refractivity contribution in [1.82, 2.24) is 15.2 Å². The van der Waals surface area contributed by atoms with E-state index in [-0.39, 0.29) is 5.91 Å². The number of thioether (sulfide) groups is 1. The third-order valence-corrected chi connectivity index (χ3v) is 5.78. The number of hydrogen-bond acceptors (Lipinski definition) is 3. The first-order valence-electron chi connectivity index (χ1n) is 7.70. The highest BCUT2D eigenvalue weighted by atomic mass is 32.2. The summed E-state index contributed by atoms with van der Waals surface area (Å²) in [5, 5.41) is 4.20. The molecule has 0 spiro atoms. The molecule has 122 valence electrons. The minimum absolute atomic E-state index is 0.0768. The van der Waals surface area contributed by atoms with Crippen LogP contribution >= 0.6 is 11.8 Å². The Morgan fingerprint density at radius 3 is 3.04 bits per heavy atom. The van der Waals surface area contributed by atoms with Crippen LogP contribution in [0.5, 0.6) is 0 Å². The number of H-pyrrole nitrogens is 1. The summed E-state index contributed by atoms with van der Waals surface area (Å²) in [4.78, 5) is 28.5. The van der Waals surface area contributed by atoms with Gasteiger partial charge in [-0.2, -0.15) is 0 Å². The Bertz CT molecular complexity index is 743. The fraction of sp³-hybridized carbons (Fsp3) is 0.412. The highest BCUT2D eigenvalue weighted by Crippen LogP contribution is 2.29. The molecule has 23 heavy (non-hydrogen) atoms. The highest BCUT2D eigenvalue weighted by molar-refractivity contribution is 7.99. The number of fused-ring (bicyclic) bond motifs is 1. The van der Waals surface area contributed by atoms with Crippen LogP contribution in [0.3, 0.4) is 0 Å². The molecule has 0 aliphatic carbocycles. The van der Waals surface area contributed by atoms with Gasteiger partial charge in [-0.3, -0.25) is 9.59 Å². The van der Waals surface area contributed by atoms with Crippen molar-refractivity contribution in [2.45, 2.75) is 25.8 Å². The van der Waals surface area contributed by atoms with Crippen molar-refractivity contribution in [3.63, 3.8) is 0 Å². The van der Waals surface area contributed by atoms with Gasteiger partial charge in [0, 0.05) is 28.9 Å². The Balaban J connectivity index is 1.66. The van der Waals surface area contributed by atoms with E-state index >= 15 is 0 Å². The second-order valence-corrected chi connectivity index (χ2v) is 7.06. The molecule has 1 atom stereocenters. The Morgan fingerprint density at radius 1 is 1.48 bits per heavy atom. The van der Waals surface area contributed by atoms with Crippen molar-refractivity contribution >= 4 is 35.0 Å². The predicted molar refractivity (Wildman–Crippen MR) is 93.4 cm³/mol. The van der Waals surface area contributed by atoms with Crippen LogP contribution < -0.4 is 5.32 Å². The topological polar surface area (TPSA) is 65.2 Å². The van der Waals surface area contributed by atoms with Crippen LogP contribution in [0, 0.1) is 6.92 Å². The zero-order valence-electron chi connectivity index (χ0n) is 13.4. The van der Waals surface area contributed by atoms with Gasteiger partial charge in [0.15, 0.2) is 0 Å². The number of carbonyl (C=O) groups excluding carboxylic acids is 2. The van der Waals surface area contributed by atoms with E-state index < -0.39 is 5.54 Å². The van der Waals surface area contributed by atoms with Gasteiger partial charge in [-0.05, 0) is 31.9 Å². The van der Waals surface area contributed by atoms with E-state index in [1.165, 1.54) is 10.9 Å². The van der Waals surface area contributed by atoms with Gasteiger partial charge in [-0.25, -0.2) is 0 Å². The lowest BCUT2D eigenvalue weighted by Gasteiger charge is -2.29. The van der Waals surface area contributed by atoms with E-state index in [1.807, 2.05) is 19.1 Å². The number of benzene rings is 1. The molecule has 2 N–H and O–H groups in total. The number of nitrogens with zero attached hydrogens (tertiary/aromatic N) is 1. The van der Waals surface area contributed by atoms with Gasteiger partial charge in [0.05, 0.1) is 5.88 Å². The molecule has 1 aromatic carbocycles. The summed E-state index contributed by atoms with van der Waals surface area (Å²) in [5.41, 5.74) is 2.76. The molecule has 3 rings (SSSR count). The first-order chi connectivity index (χ1) is 11.1.